The highest BCUT2D eigenvalue weighted by atomic mass is 32.1. The van der Waals surface area contributed by atoms with Gasteiger partial charge in [0.25, 0.3) is 11.5 Å². The standard InChI is InChI=1S/C18H23N3O2S/c1-11-16(24-13(3)19-11)10-21-9-5-6-15(18(21)23)17(22)20(4)12(2)14-7-8-14/h5-6,9,12,14H,7-8,10H2,1-4H3. The quantitative estimate of drug-likeness (QED) is 0.837. The van der Waals surface area contributed by atoms with Crippen LogP contribution in [0.15, 0.2) is 23.1 Å². The van der Waals surface area contributed by atoms with Gasteiger partial charge in [-0.25, -0.2) is 4.98 Å². The summed E-state index contributed by atoms with van der Waals surface area (Å²) >= 11 is 1.59. The summed E-state index contributed by atoms with van der Waals surface area (Å²) in [6.45, 7) is 6.42. The lowest BCUT2D eigenvalue weighted by Crippen LogP contribution is -2.40. The van der Waals surface area contributed by atoms with E-state index in [4.69, 9.17) is 0 Å². The summed E-state index contributed by atoms with van der Waals surface area (Å²) in [5.41, 5.74) is 0.954. The van der Waals surface area contributed by atoms with Gasteiger partial charge in [-0.3, -0.25) is 9.59 Å². The number of aromatic nitrogens is 2. The molecule has 2 aromatic rings. The van der Waals surface area contributed by atoms with Crippen molar-refractivity contribution in [2.75, 3.05) is 7.05 Å². The van der Waals surface area contributed by atoms with Gasteiger partial charge in [0.1, 0.15) is 5.56 Å². The van der Waals surface area contributed by atoms with Gasteiger partial charge in [0.05, 0.1) is 17.2 Å². The van der Waals surface area contributed by atoms with Crippen LogP contribution in [0.25, 0.3) is 0 Å². The molecule has 0 aromatic carbocycles. The Balaban J connectivity index is 1.86. The summed E-state index contributed by atoms with van der Waals surface area (Å²) < 4.78 is 1.60. The molecule has 1 fully saturated rings. The fraction of sp³-hybridized carbons (Fsp3) is 0.500. The smallest absolute Gasteiger partial charge is 0.263 e. The molecule has 2 aromatic heterocycles. The Morgan fingerprint density at radius 1 is 1.46 bits per heavy atom. The van der Waals surface area contributed by atoms with Crippen LogP contribution in [0.5, 0.6) is 0 Å². The third-order valence-electron chi connectivity index (χ3n) is 4.80. The van der Waals surface area contributed by atoms with Crippen LogP contribution in [-0.4, -0.2) is 33.4 Å². The Hall–Kier alpha value is -1.95. The van der Waals surface area contributed by atoms with E-state index in [-0.39, 0.29) is 23.1 Å². The van der Waals surface area contributed by atoms with Crippen molar-refractivity contribution < 1.29 is 4.79 Å². The van der Waals surface area contributed by atoms with Crippen molar-refractivity contribution in [2.45, 2.75) is 46.2 Å². The highest BCUT2D eigenvalue weighted by Crippen LogP contribution is 2.34. The van der Waals surface area contributed by atoms with E-state index < -0.39 is 0 Å². The van der Waals surface area contributed by atoms with Crippen LogP contribution >= 0.6 is 11.3 Å². The summed E-state index contributed by atoms with van der Waals surface area (Å²) in [7, 11) is 1.79. The average molecular weight is 345 g/mol. The van der Waals surface area contributed by atoms with Gasteiger partial charge in [0, 0.05) is 24.2 Å². The van der Waals surface area contributed by atoms with Gasteiger partial charge in [-0.2, -0.15) is 0 Å². The molecule has 1 aliphatic carbocycles. The second kappa shape index (κ2) is 6.51. The Morgan fingerprint density at radius 3 is 2.75 bits per heavy atom. The molecule has 3 rings (SSSR count). The number of rotatable bonds is 5. The van der Waals surface area contributed by atoms with E-state index in [1.54, 1.807) is 46.2 Å². The SMILES string of the molecule is Cc1nc(C)c(Cn2cccc(C(=O)N(C)C(C)C3CC3)c2=O)s1. The van der Waals surface area contributed by atoms with E-state index in [0.717, 1.165) is 15.6 Å². The third kappa shape index (κ3) is 3.29. The van der Waals surface area contributed by atoms with Crippen LogP contribution in [0.1, 0.15) is 45.7 Å². The van der Waals surface area contributed by atoms with Crippen molar-refractivity contribution in [3.63, 3.8) is 0 Å². The summed E-state index contributed by atoms with van der Waals surface area (Å²) in [4.78, 5) is 32.6. The fourth-order valence-electron chi connectivity index (χ4n) is 2.97. The predicted molar refractivity (Wildman–Crippen MR) is 95.7 cm³/mol. The minimum absolute atomic E-state index is 0.178. The van der Waals surface area contributed by atoms with Gasteiger partial charge < -0.3 is 9.47 Å². The maximum absolute atomic E-state index is 12.7. The number of thiazole rings is 1. The Morgan fingerprint density at radius 2 is 2.17 bits per heavy atom. The first-order valence-corrected chi connectivity index (χ1v) is 9.09. The molecule has 24 heavy (non-hydrogen) atoms. The van der Waals surface area contributed by atoms with E-state index in [0.29, 0.717) is 12.5 Å². The number of hydrogen-bond acceptors (Lipinski definition) is 4. The van der Waals surface area contributed by atoms with Crippen LogP contribution < -0.4 is 5.56 Å². The highest BCUT2D eigenvalue weighted by Gasteiger charge is 2.33. The van der Waals surface area contributed by atoms with Crippen molar-refractivity contribution in [2.24, 2.45) is 5.92 Å². The second-order valence-electron chi connectivity index (χ2n) is 6.59. The Kier molecular flexibility index (Phi) is 4.58. The number of pyridine rings is 1. The monoisotopic (exact) mass is 345 g/mol. The molecule has 5 nitrogen and oxygen atoms in total. The molecule has 2 heterocycles. The summed E-state index contributed by atoms with van der Waals surface area (Å²) in [5, 5.41) is 0.987. The predicted octanol–water partition coefficient (Wildman–Crippen LogP) is 2.84. The highest BCUT2D eigenvalue weighted by molar-refractivity contribution is 7.11. The minimum Gasteiger partial charge on any atom is -0.339 e. The largest absolute Gasteiger partial charge is 0.339 e. The van der Waals surface area contributed by atoms with Gasteiger partial charge in [-0.15, -0.1) is 11.3 Å². The zero-order valence-electron chi connectivity index (χ0n) is 14.6. The van der Waals surface area contributed by atoms with Gasteiger partial charge in [0.2, 0.25) is 0 Å². The zero-order chi connectivity index (χ0) is 17.4. The molecule has 1 saturated carbocycles. The molecular formula is C18H23N3O2S. The zero-order valence-corrected chi connectivity index (χ0v) is 15.4. The fourth-order valence-corrected chi connectivity index (χ4v) is 3.90. The first kappa shape index (κ1) is 16.9. The number of hydrogen-bond donors (Lipinski definition) is 0. The number of nitrogens with zero attached hydrogens (tertiary/aromatic N) is 3. The molecule has 1 unspecified atom stereocenters. The van der Waals surface area contributed by atoms with E-state index >= 15 is 0 Å². The Labute approximate surface area is 146 Å². The third-order valence-corrected chi connectivity index (χ3v) is 5.86. The molecule has 1 amide bonds. The van der Waals surface area contributed by atoms with E-state index in [1.807, 2.05) is 13.8 Å². The molecule has 0 saturated heterocycles. The lowest BCUT2D eigenvalue weighted by Gasteiger charge is -2.24. The molecule has 128 valence electrons. The van der Waals surface area contributed by atoms with Gasteiger partial charge in [-0.1, -0.05) is 0 Å². The number of carbonyl (C=O) groups excluding carboxylic acids is 1. The molecular weight excluding hydrogens is 322 g/mol. The van der Waals surface area contributed by atoms with Crippen LogP contribution in [0.4, 0.5) is 0 Å². The summed E-state index contributed by atoms with van der Waals surface area (Å²) in [5.74, 6) is 0.388. The first-order valence-electron chi connectivity index (χ1n) is 8.28. The summed E-state index contributed by atoms with van der Waals surface area (Å²) in [6.07, 6.45) is 4.07. The molecule has 0 N–H and O–H groups in total. The normalized spacial score (nSPS) is 15.3. The van der Waals surface area contributed by atoms with Crippen LogP contribution in [0.2, 0.25) is 0 Å². The maximum Gasteiger partial charge on any atom is 0.263 e. The molecule has 1 atom stereocenters. The minimum atomic E-state index is -0.234. The van der Waals surface area contributed by atoms with Crippen molar-refractivity contribution >= 4 is 17.2 Å². The number of aryl methyl sites for hydroxylation is 2. The van der Waals surface area contributed by atoms with Gasteiger partial charge in [-0.05, 0) is 51.7 Å². The van der Waals surface area contributed by atoms with Gasteiger partial charge in [0.15, 0.2) is 0 Å². The average Bonchev–Trinajstić information content (AvgIpc) is 3.34. The van der Waals surface area contributed by atoms with E-state index in [2.05, 4.69) is 11.9 Å². The maximum atomic E-state index is 12.7. The number of amides is 1. The van der Waals surface area contributed by atoms with E-state index in [1.165, 1.54) is 12.8 Å². The summed E-state index contributed by atoms with van der Waals surface area (Å²) in [6, 6.07) is 3.58. The molecule has 6 heteroatoms. The first-order chi connectivity index (χ1) is 11.4. The van der Waals surface area contributed by atoms with Crippen LogP contribution in [-0.2, 0) is 6.54 Å². The van der Waals surface area contributed by atoms with Gasteiger partial charge >= 0.3 is 0 Å². The Bertz CT molecular complexity index is 820. The lowest BCUT2D eigenvalue weighted by molar-refractivity contribution is 0.0725. The molecule has 0 bridgehead atoms. The van der Waals surface area contributed by atoms with Crippen LogP contribution in [0.3, 0.4) is 0 Å². The van der Waals surface area contributed by atoms with Crippen LogP contribution in [0, 0.1) is 19.8 Å². The lowest BCUT2D eigenvalue weighted by atomic mass is 10.1. The van der Waals surface area contributed by atoms with Crippen molar-refractivity contribution in [3.8, 4) is 0 Å². The van der Waals surface area contributed by atoms with Crippen molar-refractivity contribution in [1.29, 1.82) is 0 Å². The van der Waals surface area contributed by atoms with Crippen molar-refractivity contribution in [3.05, 3.63) is 49.8 Å². The molecule has 0 spiro atoms. The van der Waals surface area contributed by atoms with E-state index in [9.17, 15) is 9.59 Å². The molecule has 1 aliphatic rings. The molecule has 0 aliphatic heterocycles. The molecule has 0 radical (unpaired) electrons. The number of carbonyl (C=O) groups is 1. The van der Waals surface area contributed by atoms with Crippen molar-refractivity contribution in [1.82, 2.24) is 14.5 Å². The second-order valence-corrected chi connectivity index (χ2v) is 7.88. The topological polar surface area (TPSA) is 55.2 Å².